The average Bonchev–Trinajstić information content (AvgIpc) is 1.67. The second-order valence-electron chi connectivity index (χ2n) is 2.44. The zero-order valence-corrected chi connectivity index (χ0v) is 6.12. The molecule has 1 atom stereocenters. The molecule has 1 heteroatoms. The van der Waals surface area contributed by atoms with Gasteiger partial charge in [0.2, 0.25) is 0 Å². The molecule has 0 spiro atoms. The van der Waals surface area contributed by atoms with Crippen LogP contribution in [0, 0.1) is 6.92 Å². The number of hydrogen-bond donors (Lipinski definition) is 1. The fraction of sp³-hybridized carbons (Fsp3) is 0.857. The summed E-state index contributed by atoms with van der Waals surface area (Å²) in [6.45, 7) is 11.3. The fourth-order valence-electron chi connectivity index (χ4n) is 0.552. The van der Waals surface area contributed by atoms with Gasteiger partial charge in [-0.3, -0.25) is 0 Å². The van der Waals surface area contributed by atoms with Crippen LogP contribution in [0.5, 0.6) is 0 Å². The van der Waals surface area contributed by atoms with Crippen LogP contribution in [0.25, 0.3) is 0 Å². The van der Waals surface area contributed by atoms with E-state index in [4.69, 9.17) is 0 Å². The van der Waals surface area contributed by atoms with Crippen LogP contribution in [0.4, 0.5) is 0 Å². The molecular weight excluding hydrogens is 98.1 g/mol. The maximum Gasteiger partial charge on any atom is 0.0151 e. The minimum Gasteiger partial charge on any atom is -0.312 e. The second-order valence-corrected chi connectivity index (χ2v) is 2.44. The van der Waals surface area contributed by atoms with Crippen molar-refractivity contribution in [1.82, 2.24) is 5.32 Å². The van der Waals surface area contributed by atoms with Crippen molar-refractivity contribution < 1.29 is 0 Å². The van der Waals surface area contributed by atoms with Gasteiger partial charge in [0.25, 0.3) is 0 Å². The van der Waals surface area contributed by atoms with Gasteiger partial charge in [-0.25, -0.2) is 0 Å². The quantitative estimate of drug-likeness (QED) is 0.587. The van der Waals surface area contributed by atoms with E-state index < -0.39 is 0 Å². The van der Waals surface area contributed by atoms with E-state index >= 15 is 0 Å². The summed E-state index contributed by atoms with van der Waals surface area (Å²) in [6.07, 6.45) is 1.08. The van der Waals surface area contributed by atoms with Gasteiger partial charge in [0.1, 0.15) is 0 Å². The second kappa shape index (κ2) is 3.08. The number of hydrogen-bond acceptors (Lipinski definition) is 1. The van der Waals surface area contributed by atoms with Crippen molar-refractivity contribution in [3.05, 3.63) is 6.92 Å². The van der Waals surface area contributed by atoms with Crippen LogP contribution in [-0.4, -0.2) is 12.1 Å². The van der Waals surface area contributed by atoms with E-state index in [-0.39, 0.29) is 5.54 Å². The Hall–Kier alpha value is -0.0400. The first-order valence-corrected chi connectivity index (χ1v) is 3.22. The van der Waals surface area contributed by atoms with Crippen molar-refractivity contribution in [3.63, 3.8) is 0 Å². The van der Waals surface area contributed by atoms with E-state index in [1.54, 1.807) is 0 Å². The molecule has 0 aliphatic carbocycles. The molecule has 0 aliphatic rings. The molecule has 0 amide bonds. The summed E-state index contributed by atoms with van der Waals surface area (Å²) >= 11 is 0. The molecular formula is C7H16N. The van der Waals surface area contributed by atoms with Crippen LogP contribution < -0.4 is 5.32 Å². The van der Waals surface area contributed by atoms with Crippen LogP contribution in [0.3, 0.4) is 0 Å². The van der Waals surface area contributed by atoms with Gasteiger partial charge < -0.3 is 5.32 Å². The molecule has 49 valence electrons. The largest absolute Gasteiger partial charge is 0.312 e. The summed E-state index contributed by atoms with van der Waals surface area (Å²) in [6, 6.07) is 0. The van der Waals surface area contributed by atoms with E-state index in [2.05, 4.69) is 33.0 Å². The predicted molar refractivity (Wildman–Crippen MR) is 37.7 cm³/mol. The molecule has 0 aromatic carbocycles. The van der Waals surface area contributed by atoms with Crippen molar-refractivity contribution in [3.8, 4) is 0 Å². The molecule has 0 bridgehead atoms. The van der Waals surface area contributed by atoms with Gasteiger partial charge >= 0.3 is 0 Å². The zero-order chi connectivity index (χ0) is 6.62. The summed E-state index contributed by atoms with van der Waals surface area (Å²) in [4.78, 5) is 0. The Morgan fingerprint density at radius 2 is 2.00 bits per heavy atom. The van der Waals surface area contributed by atoms with Crippen molar-refractivity contribution in [2.75, 3.05) is 6.54 Å². The van der Waals surface area contributed by atoms with Gasteiger partial charge in [-0.05, 0) is 26.8 Å². The summed E-state index contributed by atoms with van der Waals surface area (Å²) in [5.41, 5.74) is 0.0920. The van der Waals surface area contributed by atoms with Gasteiger partial charge in [-0.2, -0.15) is 0 Å². The molecule has 0 rings (SSSR count). The topological polar surface area (TPSA) is 12.0 Å². The molecule has 0 aromatic heterocycles. The third-order valence-electron chi connectivity index (χ3n) is 1.38. The third kappa shape index (κ3) is 3.03. The molecule has 1 radical (unpaired) electrons. The third-order valence-corrected chi connectivity index (χ3v) is 1.38. The van der Waals surface area contributed by atoms with Crippen LogP contribution >= 0.6 is 0 Å². The highest BCUT2D eigenvalue weighted by Crippen LogP contribution is 2.04. The Morgan fingerprint density at radius 1 is 1.50 bits per heavy atom. The van der Waals surface area contributed by atoms with Crippen molar-refractivity contribution in [1.29, 1.82) is 0 Å². The summed E-state index contributed by atoms with van der Waals surface area (Å²) in [7, 11) is 0. The van der Waals surface area contributed by atoms with E-state index in [0.717, 1.165) is 13.0 Å². The first kappa shape index (κ1) is 7.96. The molecule has 0 aliphatic heterocycles. The van der Waals surface area contributed by atoms with Crippen LogP contribution in [0.2, 0.25) is 0 Å². The smallest absolute Gasteiger partial charge is 0.0151 e. The molecule has 8 heavy (non-hydrogen) atoms. The molecule has 0 heterocycles. The fourth-order valence-corrected chi connectivity index (χ4v) is 0.552. The van der Waals surface area contributed by atoms with Crippen molar-refractivity contribution in [2.24, 2.45) is 0 Å². The Labute approximate surface area is 52.5 Å². The number of rotatable bonds is 3. The van der Waals surface area contributed by atoms with Gasteiger partial charge in [-0.15, -0.1) is 0 Å². The Kier molecular flexibility index (Phi) is 3.06. The normalized spacial score (nSPS) is 12.0. The zero-order valence-electron chi connectivity index (χ0n) is 6.12. The standard InChI is InChI=1S/C7H16N/c1-5-7(3,4)8-6-2/h8H,3,5-6H2,1-2,4H3. The van der Waals surface area contributed by atoms with Gasteiger partial charge in [-0.1, -0.05) is 13.8 Å². The van der Waals surface area contributed by atoms with Gasteiger partial charge in [0.05, 0.1) is 0 Å². The summed E-state index contributed by atoms with van der Waals surface area (Å²) < 4.78 is 0. The van der Waals surface area contributed by atoms with E-state index in [0.29, 0.717) is 0 Å². The Bertz CT molecular complexity index is 57.4. The monoisotopic (exact) mass is 114 g/mol. The highest BCUT2D eigenvalue weighted by Gasteiger charge is 2.10. The van der Waals surface area contributed by atoms with Crippen LogP contribution in [-0.2, 0) is 0 Å². The minimum absolute atomic E-state index is 0.0920. The van der Waals surface area contributed by atoms with Gasteiger partial charge in [0.15, 0.2) is 0 Å². The van der Waals surface area contributed by atoms with Crippen molar-refractivity contribution >= 4 is 0 Å². The highest BCUT2D eigenvalue weighted by atomic mass is 14.9. The van der Waals surface area contributed by atoms with E-state index in [1.807, 2.05) is 0 Å². The van der Waals surface area contributed by atoms with Crippen molar-refractivity contribution in [2.45, 2.75) is 32.7 Å². The molecule has 1 unspecified atom stereocenters. The molecule has 0 saturated heterocycles. The lowest BCUT2D eigenvalue weighted by Crippen LogP contribution is -2.38. The van der Waals surface area contributed by atoms with Crippen LogP contribution in [0.1, 0.15) is 27.2 Å². The minimum atomic E-state index is 0.0920. The Balaban J connectivity index is 3.37. The number of nitrogens with one attached hydrogen (secondary N) is 1. The predicted octanol–water partition coefficient (Wildman–Crippen LogP) is 1.60. The lowest BCUT2D eigenvalue weighted by atomic mass is 10.0. The SMILES string of the molecule is [CH2]C(C)(CC)NCC. The summed E-state index contributed by atoms with van der Waals surface area (Å²) in [5, 5.41) is 3.26. The Morgan fingerprint density at radius 3 is 2.12 bits per heavy atom. The maximum atomic E-state index is 3.97. The van der Waals surface area contributed by atoms with Gasteiger partial charge in [0, 0.05) is 5.54 Å². The van der Waals surface area contributed by atoms with E-state index in [1.165, 1.54) is 0 Å². The lowest BCUT2D eigenvalue weighted by molar-refractivity contribution is 0.432. The molecule has 0 fully saturated rings. The van der Waals surface area contributed by atoms with E-state index in [9.17, 15) is 0 Å². The first-order valence-electron chi connectivity index (χ1n) is 3.22. The average molecular weight is 114 g/mol. The highest BCUT2D eigenvalue weighted by molar-refractivity contribution is 4.82. The first-order chi connectivity index (χ1) is 3.62. The summed E-state index contributed by atoms with van der Waals surface area (Å²) in [5.74, 6) is 0. The van der Waals surface area contributed by atoms with Crippen LogP contribution in [0.15, 0.2) is 0 Å². The maximum absolute atomic E-state index is 3.97. The molecule has 1 nitrogen and oxygen atoms in total. The molecule has 0 aromatic rings. The molecule has 0 saturated carbocycles. The molecule has 1 N–H and O–H groups in total. The lowest BCUT2D eigenvalue weighted by Gasteiger charge is -2.22.